The molecule has 0 saturated heterocycles. The summed E-state index contributed by atoms with van der Waals surface area (Å²) in [7, 11) is 0. The SMILES string of the molecule is Cc1c2c(cn1CC(C)C)NC(=O)CN=C2c1ccccc1. The molecule has 1 aromatic carbocycles. The second-order valence-electron chi connectivity index (χ2n) is 6.13. The van der Waals surface area contributed by atoms with Crippen LogP contribution in [0.3, 0.4) is 0 Å². The first-order chi connectivity index (χ1) is 10.6. The van der Waals surface area contributed by atoms with Crippen molar-refractivity contribution in [1.82, 2.24) is 4.57 Å². The van der Waals surface area contributed by atoms with Crippen molar-refractivity contribution in [2.45, 2.75) is 27.3 Å². The Morgan fingerprint density at radius 1 is 1.27 bits per heavy atom. The molecule has 2 heterocycles. The number of carbonyl (C=O) groups is 1. The van der Waals surface area contributed by atoms with Crippen LogP contribution in [-0.2, 0) is 11.3 Å². The van der Waals surface area contributed by atoms with Gasteiger partial charge in [-0.2, -0.15) is 0 Å². The van der Waals surface area contributed by atoms with Crippen LogP contribution in [0.4, 0.5) is 5.69 Å². The van der Waals surface area contributed by atoms with Crippen LogP contribution in [0.25, 0.3) is 0 Å². The van der Waals surface area contributed by atoms with E-state index in [2.05, 4.69) is 35.6 Å². The fourth-order valence-corrected chi connectivity index (χ4v) is 2.88. The Morgan fingerprint density at radius 3 is 2.68 bits per heavy atom. The van der Waals surface area contributed by atoms with Crippen molar-refractivity contribution in [2.24, 2.45) is 10.9 Å². The standard InChI is InChI=1S/C18H21N3O/c1-12(2)10-21-11-15-17(13(21)3)18(19-9-16(22)20-15)14-7-5-4-6-8-14/h4-8,11-12H,9-10H2,1-3H3,(H,20,22). The zero-order chi connectivity index (χ0) is 15.7. The molecule has 2 aromatic rings. The summed E-state index contributed by atoms with van der Waals surface area (Å²) in [5.41, 5.74) is 4.99. The van der Waals surface area contributed by atoms with Gasteiger partial charge in [0.15, 0.2) is 0 Å². The highest BCUT2D eigenvalue weighted by atomic mass is 16.1. The first-order valence-corrected chi connectivity index (χ1v) is 7.66. The van der Waals surface area contributed by atoms with Gasteiger partial charge in [0.05, 0.1) is 11.4 Å². The number of aliphatic imine (C=N–C) groups is 1. The lowest BCUT2D eigenvalue weighted by Crippen LogP contribution is -2.13. The van der Waals surface area contributed by atoms with Crippen LogP contribution in [0.1, 0.15) is 30.7 Å². The van der Waals surface area contributed by atoms with Crippen LogP contribution in [-0.4, -0.2) is 22.7 Å². The highest BCUT2D eigenvalue weighted by Crippen LogP contribution is 2.28. The van der Waals surface area contributed by atoms with E-state index in [9.17, 15) is 4.79 Å². The normalized spacial score (nSPS) is 14.4. The monoisotopic (exact) mass is 295 g/mol. The van der Waals surface area contributed by atoms with Gasteiger partial charge in [0.2, 0.25) is 5.91 Å². The fraction of sp³-hybridized carbons (Fsp3) is 0.333. The van der Waals surface area contributed by atoms with Gasteiger partial charge in [0.1, 0.15) is 6.54 Å². The second-order valence-corrected chi connectivity index (χ2v) is 6.13. The summed E-state index contributed by atoms with van der Waals surface area (Å²) in [6.45, 7) is 7.57. The Bertz CT molecular complexity index is 726. The average molecular weight is 295 g/mol. The summed E-state index contributed by atoms with van der Waals surface area (Å²) < 4.78 is 2.21. The van der Waals surface area contributed by atoms with Gasteiger partial charge in [-0.25, -0.2) is 0 Å². The molecule has 1 aliphatic rings. The molecule has 1 amide bonds. The van der Waals surface area contributed by atoms with E-state index in [4.69, 9.17) is 0 Å². The van der Waals surface area contributed by atoms with E-state index in [1.54, 1.807) is 0 Å². The van der Waals surface area contributed by atoms with Gasteiger partial charge in [-0.1, -0.05) is 44.2 Å². The number of rotatable bonds is 3. The molecule has 0 saturated carbocycles. The summed E-state index contributed by atoms with van der Waals surface area (Å²) in [5.74, 6) is 0.483. The van der Waals surface area contributed by atoms with Crippen LogP contribution in [0, 0.1) is 12.8 Å². The predicted molar refractivity (Wildman–Crippen MR) is 89.6 cm³/mol. The highest BCUT2D eigenvalue weighted by Gasteiger charge is 2.23. The molecule has 0 spiro atoms. The van der Waals surface area contributed by atoms with E-state index >= 15 is 0 Å². The Labute approximate surface area is 130 Å². The third kappa shape index (κ3) is 2.69. The first kappa shape index (κ1) is 14.6. The van der Waals surface area contributed by atoms with Gasteiger partial charge in [-0.3, -0.25) is 9.79 Å². The first-order valence-electron chi connectivity index (χ1n) is 7.66. The molecule has 4 nitrogen and oxygen atoms in total. The van der Waals surface area contributed by atoms with E-state index in [1.165, 1.54) is 0 Å². The average Bonchev–Trinajstić information content (AvgIpc) is 2.68. The Kier molecular flexibility index (Phi) is 3.84. The molecular weight excluding hydrogens is 274 g/mol. The van der Waals surface area contributed by atoms with Crippen molar-refractivity contribution >= 4 is 17.3 Å². The summed E-state index contributed by atoms with van der Waals surface area (Å²) in [5, 5.41) is 2.98. The second kappa shape index (κ2) is 5.79. The molecule has 4 heteroatoms. The lowest BCUT2D eigenvalue weighted by Gasteiger charge is -2.11. The van der Waals surface area contributed by atoms with Crippen LogP contribution < -0.4 is 5.32 Å². The van der Waals surface area contributed by atoms with Crippen molar-refractivity contribution in [3.63, 3.8) is 0 Å². The third-order valence-electron chi connectivity index (χ3n) is 3.85. The number of amides is 1. The van der Waals surface area contributed by atoms with Crippen molar-refractivity contribution in [1.29, 1.82) is 0 Å². The van der Waals surface area contributed by atoms with Gasteiger partial charge in [-0.05, 0) is 12.8 Å². The number of fused-ring (bicyclic) bond motifs is 1. The number of anilines is 1. The molecule has 0 bridgehead atoms. The number of nitrogens with zero attached hydrogens (tertiary/aromatic N) is 2. The fourth-order valence-electron chi connectivity index (χ4n) is 2.88. The van der Waals surface area contributed by atoms with Crippen LogP contribution >= 0.6 is 0 Å². The molecular formula is C18H21N3O. The lowest BCUT2D eigenvalue weighted by molar-refractivity contribution is -0.114. The smallest absolute Gasteiger partial charge is 0.246 e. The maximum atomic E-state index is 11.9. The van der Waals surface area contributed by atoms with Crippen LogP contribution in [0.15, 0.2) is 41.5 Å². The van der Waals surface area contributed by atoms with E-state index in [0.717, 1.165) is 34.8 Å². The number of aromatic nitrogens is 1. The summed E-state index contributed by atoms with van der Waals surface area (Å²) in [6, 6.07) is 10.1. The molecule has 0 fully saturated rings. The van der Waals surface area contributed by atoms with Gasteiger partial charge in [-0.15, -0.1) is 0 Å². The van der Waals surface area contributed by atoms with Gasteiger partial charge in [0, 0.05) is 29.6 Å². The van der Waals surface area contributed by atoms with Crippen molar-refractivity contribution in [3.05, 3.63) is 53.3 Å². The van der Waals surface area contributed by atoms with Gasteiger partial charge < -0.3 is 9.88 Å². The molecule has 0 aliphatic carbocycles. The molecule has 1 aromatic heterocycles. The lowest BCUT2D eigenvalue weighted by atomic mass is 10.0. The maximum Gasteiger partial charge on any atom is 0.246 e. The number of nitrogens with one attached hydrogen (secondary N) is 1. The number of hydrogen-bond acceptors (Lipinski definition) is 2. The van der Waals surface area contributed by atoms with E-state index < -0.39 is 0 Å². The molecule has 3 rings (SSSR count). The van der Waals surface area contributed by atoms with E-state index in [1.807, 2.05) is 36.5 Å². The topological polar surface area (TPSA) is 46.4 Å². The summed E-state index contributed by atoms with van der Waals surface area (Å²) >= 11 is 0. The zero-order valence-electron chi connectivity index (χ0n) is 13.3. The number of hydrogen-bond donors (Lipinski definition) is 1. The Morgan fingerprint density at radius 2 is 2.00 bits per heavy atom. The highest BCUT2D eigenvalue weighted by molar-refractivity contribution is 6.19. The zero-order valence-corrected chi connectivity index (χ0v) is 13.3. The molecule has 0 radical (unpaired) electrons. The van der Waals surface area contributed by atoms with E-state index in [0.29, 0.717) is 5.92 Å². The molecule has 0 atom stereocenters. The van der Waals surface area contributed by atoms with Crippen molar-refractivity contribution < 1.29 is 4.79 Å². The Hall–Kier alpha value is -2.36. The molecule has 22 heavy (non-hydrogen) atoms. The minimum atomic E-state index is -0.0612. The van der Waals surface area contributed by atoms with Gasteiger partial charge >= 0.3 is 0 Å². The predicted octanol–water partition coefficient (Wildman–Crippen LogP) is 3.24. The van der Waals surface area contributed by atoms with Crippen molar-refractivity contribution in [3.8, 4) is 0 Å². The molecule has 0 unspecified atom stereocenters. The largest absolute Gasteiger partial charge is 0.349 e. The number of benzene rings is 1. The van der Waals surface area contributed by atoms with Gasteiger partial charge in [0.25, 0.3) is 0 Å². The summed E-state index contributed by atoms with van der Waals surface area (Å²) in [4.78, 5) is 16.5. The summed E-state index contributed by atoms with van der Waals surface area (Å²) in [6.07, 6.45) is 2.03. The van der Waals surface area contributed by atoms with E-state index in [-0.39, 0.29) is 12.5 Å². The quantitative estimate of drug-likeness (QED) is 0.928. The Balaban J connectivity index is 2.15. The van der Waals surface area contributed by atoms with Crippen molar-refractivity contribution in [2.75, 3.05) is 11.9 Å². The number of carbonyl (C=O) groups excluding carboxylic acids is 1. The van der Waals surface area contributed by atoms with Crippen LogP contribution in [0.2, 0.25) is 0 Å². The molecule has 1 N–H and O–H groups in total. The minimum absolute atomic E-state index is 0.0612. The minimum Gasteiger partial charge on any atom is -0.349 e. The third-order valence-corrected chi connectivity index (χ3v) is 3.85. The molecule has 114 valence electrons. The maximum absolute atomic E-state index is 11.9. The molecule has 1 aliphatic heterocycles. The van der Waals surface area contributed by atoms with Crippen LogP contribution in [0.5, 0.6) is 0 Å².